The molecule has 0 bridgehead atoms. The minimum atomic E-state index is 0.146. The summed E-state index contributed by atoms with van der Waals surface area (Å²) in [6, 6.07) is 0.462. The number of nitrogens with zero attached hydrogens (tertiary/aromatic N) is 1. The van der Waals surface area contributed by atoms with Crippen LogP contribution in [0, 0.1) is 0 Å². The average molecular weight is 254 g/mol. The molecule has 2 heterocycles. The number of ether oxygens (including phenoxy) is 1. The molecule has 2 saturated heterocycles. The van der Waals surface area contributed by atoms with Crippen LogP contribution in [0.2, 0.25) is 0 Å². The van der Waals surface area contributed by atoms with E-state index in [-0.39, 0.29) is 12.0 Å². The summed E-state index contributed by atoms with van der Waals surface area (Å²) in [7, 11) is 0. The highest BCUT2D eigenvalue weighted by molar-refractivity contribution is 5.76. The van der Waals surface area contributed by atoms with Gasteiger partial charge in [0.05, 0.1) is 12.5 Å². The van der Waals surface area contributed by atoms with Crippen molar-refractivity contribution < 1.29 is 9.53 Å². The number of likely N-dealkylation sites (tertiary alicyclic amines) is 1. The molecule has 18 heavy (non-hydrogen) atoms. The topological polar surface area (TPSA) is 41.6 Å². The van der Waals surface area contributed by atoms with E-state index in [0.717, 1.165) is 26.0 Å². The molecule has 0 aromatic heterocycles. The maximum absolute atomic E-state index is 11.8. The Labute approximate surface area is 110 Å². The average Bonchev–Trinajstić information content (AvgIpc) is 2.91. The number of rotatable bonds is 5. The van der Waals surface area contributed by atoms with Gasteiger partial charge in [0.2, 0.25) is 5.91 Å². The summed E-state index contributed by atoms with van der Waals surface area (Å²) in [4.78, 5) is 14.3. The molecule has 2 fully saturated rings. The van der Waals surface area contributed by atoms with E-state index >= 15 is 0 Å². The lowest BCUT2D eigenvalue weighted by Crippen LogP contribution is -2.41. The first-order valence-corrected chi connectivity index (χ1v) is 7.38. The number of amides is 1. The molecule has 0 saturated carbocycles. The Morgan fingerprint density at radius 2 is 2.11 bits per heavy atom. The van der Waals surface area contributed by atoms with Crippen LogP contribution < -0.4 is 5.32 Å². The van der Waals surface area contributed by atoms with Crippen molar-refractivity contribution in [2.45, 2.75) is 57.6 Å². The Hall–Kier alpha value is -0.610. The van der Waals surface area contributed by atoms with E-state index in [1.807, 2.05) is 0 Å². The van der Waals surface area contributed by atoms with Crippen LogP contribution in [0.25, 0.3) is 0 Å². The molecule has 104 valence electrons. The van der Waals surface area contributed by atoms with Crippen LogP contribution in [-0.2, 0) is 9.53 Å². The highest BCUT2D eigenvalue weighted by atomic mass is 16.5. The summed E-state index contributed by atoms with van der Waals surface area (Å²) in [5.41, 5.74) is 0. The zero-order valence-corrected chi connectivity index (χ0v) is 11.5. The fraction of sp³-hybridized carbons (Fsp3) is 0.929. The van der Waals surface area contributed by atoms with Gasteiger partial charge in [0.15, 0.2) is 0 Å². The molecule has 2 aliphatic rings. The molecule has 4 nitrogen and oxygen atoms in total. The van der Waals surface area contributed by atoms with Crippen molar-refractivity contribution in [2.24, 2.45) is 0 Å². The molecule has 2 unspecified atom stereocenters. The molecule has 1 N–H and O–H groups in total. The summed E-state index contributed by atoms with van der Waals surface area (Å²) in [5.74, 6) is 0.146. The van der Waals surface area contributed by atoms with Crippen LogP contribution in [0.1, 0.15) is 45.4 Å². The second-order valence-electron chi connectivity index (χ2n) is 5.59. The van der Waals surface area contributed by atoms with Gasteiger partial charge >= 0.3 is 0 Å². The predicted molar refractivity (Wildman–Crippen MR) is 71.5 cm³/mol. The third-order valence-corrected chi connectivity index (χ3v) is 4.05. The molecule has 2 aliphatic heterocycles. The first-order chi connectivity index (χ1) is 8.75. The quantitative estimate of drug-likeness (QED) is 0.809. The minimum absolute atomic E-state index is 0.146. The van der Waals surface area contributed by atoms with Crippen LogP contribution in [0.5, 0.6) is 0 Å². The molecule has 4 heteroatoms. The molecule has 2 rings (SSSR count). The maximum atomic E-state index is 11.8. The Kier molecular flexibility index (Phi) is 5.45. The third-order valence-electron chi connectivity index (χ3n) is 4.05. The van der Waals surface area contributed by atoms with Crippen molar-refractivity contribution in [3.05, 3.63) is 0 Å². The van der Waals surface area contributed by atoms with Gasteiger partial charge in [0, 0.05) is 19.2 Å². The lowest BCUT2D eigenvalue weighted by Gasteiger charge is -2.25. The van der Waals surface area contributed by atoms with Crippen LogP contribution >= 0.6 is 0 Å². The molecule has 1 amide bonds. The molecule has 0 radical (unpaired) electrons. The summed E-state index contributed by atoms with van der Waals surface area (Å²) in [6.07, 6.45) is 6.66. The van der Waals surface area contributed by atoms with E-state index in [0.29, 0.717) is 12.5 Å². The fourth-order valence-electron chi connectivity index (χ4n) is 2.82. The van der Waals surface area contributed by atoms with Crippen molar-refractivity contribution in [1.29, 1.82) is 0 Å². The summed E-state index contributed by atoms with van der Waals surface area (Å²) in [6.45, 7) is 6.15. The highest BCUT2D eigenvalue weighted by Crippen LogP contribution is 2.15. The van der Waals surface area contributed by atoms with Crippen molar-refractivity contribution in [1.82, 2.24) is 10.2 Å². The van der Waals surface area contributed by atoms with E-state index in [9.17, 15) is 4.79 Å². The fourth-order valence-corrected chi connectivity index (χ4v) is 2.82. The van der Waals surface area contributed by atoms with Gasteiger partial charge in [-0.2, -0.15) is 0 Å². The van der Waals surface area contributed by atoms with Crippen LogP contribution in [0.15, 0.2) is 0 Å². The van der Waals surface area contributed by atoms with Crippen molar-refractivity contribution in [3.8, 4) is 0 Å². The van der Waals surface area contributed by atoms with Gasteiger partial charge in [0.25, 0.3) is 0 Å². The van der Waals surface area contributed by atoms with E-state index in [2.05, 4.69) is 17.1 Å². The predicted octanol–water partition coefficient (Wildman–Crippen LogP) is 1.55. The molecule has 0 aromatic carbocycles. The second kappa shape index (κ2) is 7.10. The van der Waals surface area contributed by atoms with Gasteiger partial charge in [-0.05, 0) is 52.1 Å². The van der Waals surface area contributed by atoms with Gasteiger partial charge in [-0.25, -0.2) is 0 Å². The van der Waals surface area contributed by atoms with E-state index in [1.54, 1.807) is 0 Å². The lowest BCUT2D eigenvalue weighted by atomic mass is 10.1. The number of carbonyl (C=O) groups is 1. The maximum Gasteiger partial charge on any atom is 0.222 e. The zero-order chi connectivity index (χ0) is 12.8. The largest absolute Gasteiger partial charge is 0.378 e. The normalized spacial score (nSPS) is 27.1. The van der Waals surface area contributed by atoms with Gasteiger partial charge in [-0.3, -0.25) is 9.69 Å². The second-order valence-corrected chi connectivity index (χ2v) is 5.59. The number of hydrogen-bond donors (Lipinski definition) is 1. The van der Waals surface area contributed by atoms with Crippen molar-refractivity contribution in [3.63, 3.8) is 0 Å². The molecule has 0 aliphatic carbocycles. The first kappa shape index (κ1) is 13.8. The van der Waals surface area contributed by atoms with E-state index < -0.39 is 0 Å². The SMILES string of the molecule is CC(CNC(=O)CC1CCCCO1)N1CCCC1. The molecular weight excluding hydrogens is 228 g/mol. The smallest absolute Gasteiger partial charge is 0.222 e. The monoisotopic (exact) mass is 254 g/mol. The Bertz CT molecular complexity index is 259. The third kappa shape index (κ3) is 4.25. The van der Waals surface area contributed by atoms with E-state index in [1.165, 1.54) is 32.4 Å². The molecule has 2 atom stereocenters. The Balaban J connectivity index is 1.61. The summed E-state index contributed by atoms with van der Waals surface area (Å²) in [5, 5.41) is 3.05. The van der Waals surface area contributed by atoms with Crippen LogP contribution in [-0.4, -0.2) is 49.2 Å². The first-order valence-electron chi connectivity index (χ1n) is 7.38. The lowest BCUT2D eigenvalue weighted by molar-refractivity contribution is -0.125. The summed E-state index contributed by atoms with van der Waals surface area (Å²) < 4.78 is 5.58. The molecule has 0 spiro atoms. The zero-order valence-electron chi connectivity index (χ0n) is 11.5. The Morgan fingerprint density at radius 3 is 2.78 bits per heavy atom. The van der Waals surface area contributed by atoms with Crippen molar-refractivity contribution >= 4 is 5.91 Å². The molecule has 0 aromatic rings. The highest BCUT2D eigenvalue weighted by Gasteiger charge is 2.20. The van der Waals surface area contributed by atoms with Gasteiger partial charge in [0.1, 0.15) is 0 Å². The van der Waals surface area contributed by atoms with E-state index in [4.69, 9.17) is 4.74 Å². The number of carbonyl (C=O) groups excluding carboxylic acids is 1. The number of hydrogen-bond acceptors (Lipinski definition) is 3. The van der Waals surface area contributed by atoms with Crippen LogP contribution in [0.3, 0.4) is 0 Å². The molecular formula is C14H26N2O2. The van der Waals surface area contributed by atoms with Gasteiger partial charge < -0.3 is 10.1 Å². The Morgan fingerprint density at radius 1 is 1.33 bits per heavy atom. The summed E-state index contributed by atoms with van der Waals surface area (Å²) >= 11 is 0. The number of nitrogens with one attached hydrogen (secondary N) is 1. The minimum Gasteiger partial charge on any atom is -0.378 e. The van der Waals surface area contributed by atoms with Crippen LogP contribution in [0.4, 0.5) is 0 Å². The van der Waals surface area contributed by atoms with Gasteiger partial charge in [-0.15, -0.1) is 0 Å². The standard InChI is InChI=1S/C14H26N2O2/c1-12(16-7-3-4-8-16)11-15-14(17)10-13-6-2-5-9-18-13/h12-13H,2-11H2,1H3,(H,15,17). The van der Waals surface area contributed by atoms with Gasteiger partial charge in [-0.1, -0.05) is 0 Å². The van der Waals surface area contributed by atoms with Crippen molar-refractivity contribution in [2.75, 3.05) is 26.2 Å².